The van der Waals surface area contributed by atoms with E-state index in [2.05, 4.69) is 15.6 Å². The van der Waals surface area contributed by atoms with Gasteiger partial charge >= 0.3 is 0 Å². The molecule has 0 aliphatic rings. The molecule has 4 aromatic rings. The van der Waals surface area contributed by atoms with Crippen molar-refractivity contribution in [3.8, 4) is 5.75 Å². The minimum Gasteiger partial charge on any atom is -0.497 e. The minimum atomic E-state index is -0.660. The molecule has 9 nitrogen and oxygen atoms in total. The van der Waals surface area contributed by atoms with Gasteiger partial charge in [0.15, 0.2) is 0 Å². The topological polar surface area (TPSA) is 149 Å². The van der Waals surface area contributed by atoms with E-state index in [0.717, 1.165) is 5.56 Å². The van der Waals surface area contributed by atoms with E-state index in [-0.39, 0.29) is 17.0 Å². The quantitative estimate of drug-likeness (QED) is 0.311. The van der Waals surface area contributed by atoms with Crippen LogP contribution in [0.3, 0.4) is 0 Å². The molecule has 4 rings (SSSR count). The first-order valence-electron chi connectivity index (χ1n) is 10.7. The van der Waals surface area contributed by atoms with E-state index in [1.165, 1.54) is 6.20 Å². The average molecular weight is 470 g/mol. The monoisotopic (exact) mass is 469 g/mol. The van der Waals surface area contributed by atoms with Crippen LogP contribution in [0.1, 0.15) is 36.6 Å². The van der Waals surface area contributed by atoms with Gasteiger partial charge in [-0.2, -0.15) is 0 Å². The number of hydrogen-bond donors (Lipinski definition) is 4. The van der Waals surface area contributed by atoms with Gasteiger partial charge in [-0.25, -0.2) is 0 Å². The first-order valence-corrected chi connectivity index (χ1v) is 10.7. The van der Waals surface area contributed by atoms with Crippen molar-refractivity contribution in [2.45, 2.75) is 6.54 Å². The van der Waals surface area contributed by atoms with Gasteiger partial charge in [0.1, 0.15) is 5.75 Å². The lowest BCUT2D eigenvalue weighted by Crippen LogP contribution is -2.17. The number of nitrogens with zero attached hydrogens (tertiary/aromatic N) is 1. The molecule has 1 heterocycles. The van der Waals surface area contributed by atoms with Crippen LogP contribution in [0, 0.1) is 0 Å². The maximum atomic E-state index is 12.6. The molecule has 9 heteroatoms. The van der Waals surface area contributed by atoms with Crippen molar-refractivity contribution in [1.29, 1.82) is 0 Å². The summed E-state index contributed by atoms with van der Waals surface area (Å²) < 4.78 is 5.12. The summed E-state index contributed by atoms with van der Waals surface area (Å²) in [6, 6.07) is 19.0. The van der Waals surface area contributed by atoms with Crippen LogP contribution in [0.4, 0.5) is 11.4 Å². The number of anilines is 2. The van der Waals surface area contributed by atoms with Crippen LogP contribution in [0.25, 0.3) is 10.9 Å². The van der Waals surface area contributed by atoms with Crippen LogP contribution in [-0.2, 0) is 6.54 Å². The summed E-state index contributed by atoms with van der Waals surface area (Å²) in [5.41, 5.74) is 14.2. The molecule has 0 radical (unpaired) electrons. The lowest BCUT2D eigenvalue weighted by Gasteiger charge is -2.15. The van der Waals surface area contributed by atoms with Gasteiger partial charge in [0.05, 0.1) is 29.4 Å². The smallest absolute Gasteiger partial charge is 0.255 e. The zero-order chi connectivity index (χ0) is 24.9. The molecule has 0 spiro atoms. The third-order valence-electron chi connectivity index (χ3n) is 5.43. The van der Waals surface area contributed by atoms with E-state index in [9.17, 15) is 14.4 Å². The fraction of sp³-hybridized carbons (Fsp3) is 0.0769. The summed E-state index contributed by atoms with van der Waals surface area (Å²) in [5.74, 6) is -0.877. The summed E-state index contributed by atoms with van der Waals surface area (Å²) in [4.78, 5) is 40.7. The third kappa shape index (κ3) is 5.03. The van der Waals surface area contributed by atoms with Crippen LogP contribution in [0.5, 0.6) is 5.75 Å². The Hall–Kier alpha value is -4.92. The molecule has 1 aromatic heterocycles. The van der Waals surface area contributed by atoms with Crippen molar-refractivity contribution in [1.82, 2.24) is 4.98 Å². The highest BCUT2D eigenvalue weighted by molar-refractivity contribution is 6.12. The second kappa shape index (κ2) is 9.92. The van der Waals surface area contributed by atoms with Crippen molar-refractivity contribution < 1.29 is 19.1 Å². The highest BCUT2D eigenvalue weighted by Crippen LogP contribution is 2.28. The highest BCUT2D eigenvalue weighted by Gasteiger charge is 2.17. The number of ether oxygens (including phenoxy) is 1. The molecule has 3 amide bonds. The number of para-hydroxylation sites is 1. The number of pyridine rings is 1. The Bertz CT molecular complexity index is 1430. The molecule has 0 bridgehead atoms. The molecule has 0 aliphatic carbocycles. The Balaban J connectivity index is 1.57. The molecule has 0 saturated heterocycles. The van der Waals surface area contributed by atoms with Crippen LogP contribution in [0.15, 0.2) is 72.9 Å². The summed E-state index contributed by atoms with van der Waals surface area (Å²) in [5, 5.41) is 6.64. The second-order valence-corrected chi connectivity index (χ2v) is 7.71. The van der Waals surface area contributed by atoms with E-state index >= 15 is 0 Å². The largest absolute Gasteiger partial charge is 0.497 e. The predicted molar refractivity (Wildman–Crippen MR) is 133 cm³/mol. The van der Waals surface area contributed by atoms with Crippen molar-refractivity contribution in [2.24, 2.45) is 11.5 Å². The van der Waals surface area contributed by atoms with E-state index in [4.69, 9.17) is 16.2 Å². The summed E-state index contributed by atoms with van der Waals surface area (Å²) in [6.45, 7) is 0.312. The number of primary amides is 2. The summed E-state index contributed by atoms with van der Waals surface area (Å²) in [6.07, 6.45) is 1.32. The maximum Gasteiger partial charge on any atom is 0.255 e. The molecular weight excluding hydrogens is 446 g/mol. The number of rotatable bonds is 8. The van der Waals surface area contributed by atoms with Gasteiger partial charge < -0.3 is 26.8 Å². The Morgan fingerprint density at radius 2 is 1.63 bits per heavy atom. The van der Waals surface area contributed by atoms with Gasteiger partial charge in [-0.05, 0) is 48.0 Å². The number of fused-ring (bicyclic) bond motifs is 1. The average Bonchev–Trinajstić information content (AvgIpc) is 2.86. The maximum absolute atomic E-state index is 12.6. The van der Waals surface area contributed by atoms with E-state index in [1.807, 2.05) is 18.2 Å². The van der Waals surface area contributed by atoms with Crippen molar-refractivity contribution in [3.63, 3.8) is 0 Å². The molecule has 176 valence electrons. The molecule has 0 atom stereocenters. The highest BCUT2D eigenvalue weighted by atomic mass is 16.5. The fourth-order valence-electron chi connectivity index (χ4n) is 3.69. The number of nitrogens with one attached hydrogen (secondary N) is 2. The first kappa shape index (κ1) is 23.2. The van der Waals surface area contributed by atoms with E-state index < -0.39 is 11.8 Å². The fourth-order valence-corrected chi connectivity index (χ4v) is 3.69. The van der Waals surface area contributed by atoms with E-state index in [0.29, 0.717) is 40.1 Å². The van der Waals surface area contributed by atoms with Gasteiger partial charge in [0, 0.05) is 29.4 Å². The van der Waals surface area contributed by atoms with Gasteiger partial charge in [-0.3, -0.25) is 19.4 Å². The van der Waals surface area contributed by atoms with Gasteiger partial charge in [0.2, 0.25) is 0 Å². The Kier molecular flexibility index (Phi) is 6.59. The molecule has 0 fully saturated rings. The van der Waals surface area contributed by atoms with Crippen LogP contribution >= 0.6 is 0 Å². The van der Waals surface area contributed by atoms with Gasteiger partial charge in [-0.15, -0.1) is 0 Å². The number of nitrogens with two attached hydrogens (primary N) is 2. The number of methoxy groups -OCH3 is 1. The number of benzene rings is 3. The Labute approximate surface area is 201 Å². The number of amides is 3. The first-order chi connectivity index (χ1) is 16.9. The lowest BCUT2D eigenvalue weighted by atomic mass is 10.0. The van der Waals surface area contributed by atoms with Crippen LogP contribution < -0.4 is 26.8 Å². The number of aromatic nitrogens is 1. The Morgan fingerprint density at radius 3 is 2.31 bits per heavy atom. The van der Waals surface area contributed by atoms with Crippen LogP contribution in [0.2, 0.25) is 0 Å². The lowest BCUT2D eigenvalue weighted by molar-refractivity contribution is 0.0993. The number of hydrogen-bond acceptors (Lipinski definition) is 6. The van der Waals surface area contributed by atoms with E-state index in [1.54, 1.807) is 55.6 Å². The standard InChI is InChI=1S/C26H23N5O4/c1-35-18-10-8-16(9-11-18)26(34)31-17-5-2-4-15(12-17)13-29-23-19-6-3-7-20(24(27)32)22(19)30-14-21(23)25(28)33/h2-12,14H,13H2,1H3,(H2,27,32)(H2,28,33)(H,29,30)(H,31,34). The molecular formula is C26H23N5O4. The second-order valence-electron chi connectivity index (χ2n) is 7.71. The zero-order valence-corrected chi connectivity index (χ0v) is 18.9. The molecule has 6 N–H and O–H groups in total. The summed E-state index contributed by atoms with van der Waals surface area (Å²) >= 11 is 0. The normalized spacial score (nSPS) is 10.5. The Morgan fingerprint density at radius 1 is 0.914 bits per heavy atom. The minimum absolute atomic E-state index is 0.183. The zero-order valence-electron chi connectivity index (χ0n) is 18.9. The summed E-state index contributed by atoms with van der Waals surface area (Å²) in [7, 11) is 1.56. The number of carbonyl (C=O) groups is 3. The third-order valence-corrected chi connectivity index (χ3v) is 5.43. The molecule has 0 aliphatic heterocycles. The molecule has 3 aromatic carbocycles. The van der Waals surface area contributed by atoms with Crippen LogP contribution in [-0.4, -0.2) is 29.8 Å². The molecule has 0 saturated carbocycles. The van der Waals surface area contributed by atoms with Crippen molar-refractivity contribution >= 4 is 40.0 Å². The predicted octanol–water partition coefficient (Wildman–Crippen LogP) is 3.31. The molecule has 0 unspecified atom stereocenters. The SMILES string of the molecule is COc1ccc(C(=O)Nc2cccc(CNc3c(C(N)=O)cnc4c(C(N)=O)cccc34)c2)cc1. The molecule has 35 heavy (non-hydrogen) atoms. The van der Waals surface area contributed by atoms with Crippen molar-refractivity contribution in [3.05, 3.63) is 95.2 Å². The van der Waals surface area contributed by atoms with Gasteiger partial charge in [-0.1, -0.05) is 24.3 Å². The van der Waals surface area contributed by atoms with Gasteiger partial charge in [0.25, 0.3) is 17.7 Å². The number of carbonyl (C=O) groups excluding carboxylic acids is 3. The van der Waals surface area contributed by atoms with Crippen molar-refractivity contribution in [2.75, 3.05) is 17.7 Å².